The molecule has 21 heavy (non-hydrogen) atoms. The van der Waals surface area contributed by atoms with E-state index < -0.39 is 0 Å². The van der Waals surface area contributed by atoms with Crippen LogP contribution in [-0.2, 0) is 6.54 Å². The van der Waals surface area contributed by atoms with Crippen LogP contribution in [0.4, 0.5) is 4.39 Å². The Labute approximate surface area is 127 Å². The van der Waals surface area contributed by atoms with Gasteiger partial charge in [-0.2, -0.15) is 0 Å². The van der Waals surface area contributed by atoms with Gasteiger partial charge in [-0.1, -0.05) is 23.9 Å². The molecule has 2 aromatic rings. The Kier molecular flexibility index (Phi) is 4.31. The third-order valence-electron chi connectivity index (χ3n) is 3.21. The average molecular weight is 305 g/mol. The number of benzene rings is 2. The zero-order valence-electron chi connectivity index (χ0n) is 11.5. The van der Waals surface area contributed by atoms with Crippen molar-refractivity contribution < 1.29 is 13.9 Å². The molecular formula is C16H16FNO2S. The van der Waals surface area contributed by atoms with Gasteiger partial charge in [0.2, 0.25) is 0 Å². The molecule has 0 fully saturated rings. The molecule has 0 aliphatic carbocycles. The minimum Gasteiger partial charge on any atom is -0.490 e. The van der Waals surface area contributed by atoms with Crippen LogP contribution in [0.5, 0.6) is 11.5 Å². The minimum atomic E-state index is -0.255. The zero-order chi connectivity index (χ0) is 14.7. The second-order valence-electron chi connectivity index (χ2n) is 4.69. The molecule has 0 unspecified atom stereocenters. The Morgan fingerprint density at radius 2 is 1.90 bits per heavy atom. The van der Waals surface area contributed by atoms with Crippen molar-refractivity contribution in [1.29, 1.82) is 0 Å². The molecule has 0 saturated carbocycles. The van der Waals surface area contributed by atoms with Crippen molar-refractivity contribution in [3.05, 3.63) is 47.8 Å². The van der Waals surface area contributed by atoms with Crippen molar-refractivity contribution in [2.75, 3.05) is 13.2 Å². The van der Waals surface area contributed by atoms with Gasteiger partial charge < -0.3 is 15.2 Å². The van der Waals surface area contributed by atoms with Crippen molar-refractivity contribution >= 4 is 11.8 Å². The number of ether oxygens (including phenoxy) is 2. The molecule has 1 heterocycles. The number of hydrogen-bond donors (Lipinski definition) is 1. The SMILES string of the molecule is NCc1cccc(F)c1Sc1ccc2c(c1)OCCCO2. The van der Waals surface area contributed by atoms with Crippen LogP contribution in [0.3, 0.4) is 0 Å². The molecule has 5 heteroatoms. The molecule has 2 N–H and O–H groups in total. The molecule has 0 aromatic heterocycles. The van der Waals surface area contributed by atoms with E-state index in [0.29, 0.717) is 30.4 Å². The molecule has 110 valence electrons. The van der Waals surface area contributed by atoms with Crippen LogP contribution in [0.15, 0.2) is 46.2 Å². The monoisotopic (exact) mass is 305 g/mol. The first kappa shape index (κ1) is 14.2. The second-order valence-corrected chi connectivity index (χ2v) is 5.78. The molecule has 0 radical (unpaired) electrons. The van der Waals surface area contributed by atoms with E-state index in [2.05, 4.69) is 0 Å². The van der Waals surface area contributed by atoms with Gasteiger partial charge in [0.1, 0.15) is 5.82 Å². The summed E-state index contributed by atoms with van der Waals surface area (Å²) in [7, 11) is 0. The Morgan fingerprint density at radius 3 is 2.71 bits per heavy atom. The summed E-state index contributed by atoms with van der Waals surface area (Å²) in [4.78, 5) is 1.47. The first-order valence-corrected chi connectivity index (χ1v) is 7.64. The smallest absolute Gasteiger partial charge is 0.162 e. The summed E-state index contributed by atoms with van der Waals surface area (Å²) in [6.45, 7) is 1.60. The summed E-state index contributed by atoms with van der Waals surface area (Å²) < 4.78 is 25.2. The van der Waals surface area contributed by atoms with Crippen molar-refractivity contribution in [1.82, 2.24) is 0 Å². The largest absolute Gasteiger partial charge is 0.490 e. The van der Waals surface area contributed by atoms with Crippen LogP contribution in [0.1, 0.15) is 12.0 Å². The topological polar surface area (TPSA) is 44.5 Å². The van der Waals surface area contributed by atoms with Crippen LogP contribution < -0.4 is 15.2 Å². The van der Waals surface area contributed by atoms with Crippen molar-refractivity contribution in [2.24, 2.45) is 5.73 Å². The van der Waals surface area contributed by atoms with Gasteiger partial charge in [0.05, 0.1) is 18.1 Å². The summed E-state index contributed by atoms with van der Waals surface area (Å²) in [6.07, 6.45) is 0.863. The highest BCUT2D eigenvalue weighted by atomic mass is 32.2. The van der Waals surface area contributed by atoms with Crippen molar-refractivity contribution in [3.63, 3.8) is 0 Å². The van der Waals surface area contributed by atoms with Crippen LogP contribution in [0.25, 0.3) is 0 Å². The standard InChI is InChI=1S/C16H16FNO2S/c17-13-4-1-3-11(10-18)16(13)21-12-5-6-14-15(9-12)20-8-2-7-19-14/h1,3-6,9H,2,7-8,10,18H2. The first-order chi connectivity index (χ1) is 10.3. The highest BCUT2D eigenvalue weighted by Gasteiger charge is 2.14. The van der Waals surface area contributed by atoms with Crippen LogP contribution in [0.2, 0.25) is 0 Å². The molecule has 3 nitrogen and oxygen atoms in total. The molecule has 3 rings (SSSR count). The lowest BCUT2D eigenvalue weighted by Crippen LogP contribution is -2.00. The molecule has 0 atom stereocenters. The van der Waals surface area contributed by atoms with Gasteiger partial charge in [0.15, 0.2) is 11.5 Å². The van der Waals surface area contributed by atoms with E-state index >= 15 is 0 Å². The third-order valence-corrected chi connectivity index (χ3v) is 4.36. The predicted molar refractivity (Wildman–Crippen MR) is 80.5 cm³/mol. The molecule has 0 bridgehead atoms. The van der Waals surface area contributed by atoms with Gasteiger partial charge in [-0.05, 0) is 29.8 Å². The lowest BCUT2D eigenvalue weighted by atomic mass is 10.2. The van der Waals surface area contributed by atoms with Gasteiger partial charge in [-0.15, -0.1) is 0 Å². The quantitative estimate of drug-likeness (QED) is 0.941. The number of fused-ring (bicyclic) bond motifs is 1. The average Bonchev–Trinajstić information content (AvgIpc) is 2.74. The summed E-state index contributed by atoms with van der Waals surface area (Å²) in [5.74, 6) is 1.20. The maximum absolute atomic E-state index is 14.0. The predicted octanol–water partition coefficient (Wildman–Crippen LogP) is 3.60. The Morgan fingerprint density at radius 1 is 1.10 bits per heavy atom. The van der Waals surface area contributed by atoms with E-state index in [1.54, 1.807) is 6.07 Å². The van der Waals surface area contributed by atoms with Crippen LogP contribution >= 0.6 is 11.8 Å². The fourth-order valence-electron chi connectivity index (χ4n) is 2.15. The number of nitrogens with two attached hydrogens (primary N) is 1. The molecule has 1 aliphatic rings. The number of halogens is 1. The van der Waals surface area contributed by atoms with E-state index in [-0.39, 0.29) is 5.82 Å². The van der Waals surface area contributed by atoms with Gasteiger partial charge in [0.25, 0.3) is 0 Å². The zero-order valence-corrected chi connectivity index (χ0v) is 12.3. The molecule has 2 aromatic carbocycles. The normalized spacial score (nSPS) is 13.8. The summed E-state index contributed by atoms with van der Waals surface area (Å²) in [6, 6.07) is 10.6. The van der Waals surface area contributed by atoms with Crippen molar-refractivity contribution in [3.8, 4) is 11.5 Å². The van der Waals surface area contributed by atoms with E-state index in [9.17, 15) is 4.39 Å². The van der Waals surface area contributed by atoms with Gasteiger partial charge in [-0.25, -0.2) is 4.39 Å². The van der Waals surface area contributed by atoms with E-state index in [0.717, 1.165) is 22.6 Å². The number of hydrogen-bond acceptors (Lipinski definition) is 4. The minimum absolute atomic E-state index is 0.255. The van der Waals surface area contributed by atoms with E-state index in [1.165, 1.54) is 17.8 Å². The molecular weight excluding hydrogens is 289 g/mol. The summed E-state index contributed by atoms with van der Waals surface area (Å²) >= 11 is 1.35. The maximum Gasteiger partial charge on any atom is 0.162 e. The fourth-order valence-corrected chi connectivity index (χ4v) is 3.14. The van der Waals surface area contributed by atoms with Crippen molar-refractivity contribution in [2.45, 2.75) is 22.8 Å². The van der Waals surface area contributed by atoms with Crippen LogP contribution in [-0.4, -0.2) is 13.2 Å². The Hall–Kier alpha value is -1.72. The number of rotatable bonds is 3. The highest BCUT2D eigenvalue weighted by Crippen LogP contribution is 2.38. The van der Waals surface area contributed by atoms with Gasteiger partial charge in [-0.3, -0.25) is 0 Å². The first-order valence-electron chi connectivity index (χ1n) is 6.83. The van der Waals surface area contributed by atoms with Gasteiger partial charge >= 0.3 is 0 Å². The molecule has 0 amide bonds. The molecule has 0 spiro atoms. The van der Waals surface area contributed by atoms with E-state index in [1.807, 2.05) is 24.3 Å². The molecule has 1 aliphatic heterocycles. The highest BCUT2D eigenvalue weighted by molar-refractivity contribution is 7.99. The van der Waals surface area contributed by atoms with Gasteiger partial charge in [0, 0.05) is 17.9 Å². The molecule has 0 saturated heterocycles. The lowest BCUT2D eigenvalue weighted by Gasteiger charge is -2.11. The third kappa shape index (κ3) is 3.14. The Bertz CT molecular complexity index is 648. The summed E-state index contributed by atoms with van der Waals surface area (Å²) in [5, 5.41) is 0. The Balaban J connectivity index is 1.90. The van der Waals surface area contributed by atoms with Crippen LogP contribution in [0, 0.1) is 5.82 Å². The lowest BCUT2D eigenvalue weighted by molar-refractivity contribution is 0.297. The maximum atomic E-state index is 14.0. The fraction of sp³-hybridized carbons (Fsp3) is 0.250. The second kappa shape index (κ2) is 6.37. The van der Waals surface area contributed by atoms with E-state index in [4.69, 9.17) is 15.2 Å². The summed E-state index contributed by atoms with van der Waals surface area (Å²) in [5.41, 5.74) is 6.48.